The highest BCUT2D eigenvalue weighted by atomic mass is 19.1. The first-order valence-corrected chi connectivity index (χ1v) is 9.39. The van der Waals surface area contributed by atoms with Crippen LogP contribution in [0.5, 0.6) is 17.2 Å². The molecule has 0 atom stereocenters. The van der Waals surface area contributed by atoms with Crippen LogP contribution in [0.15, 0.2) is 73.8 Å². The van der Waals surface area contributed by atoms with Gasteiger partial charge in [0, 0.05) is 0 Å². The summed E-state index contributed by atoms with van der Waals surface area (Å²) in [6.45, 7) is 6.12. The Hall–Kier alpha value is -4.14. The minimum Gasteiger partial charge on any atom is -0.493 e. The molecule has 9 heteroatoms. The number of halogens is 1. The highest BCUT2D eigenvalue weighted by Gasteiger charge is 2.10. The van der Waals surface area contributed by atoms with E-state index >= 15 is 0 Å². The summed E-state index contributed by atoms with van der Waals surface area (Å²) in [6.07, 6.45) is 1.12. The van der Waals surface area contributed by atoms with E-state index in [1.54, 1.807) is 24.3 Å². The molecule has 0 amide bonds. The Morgan fingerprint density at radius 1 is 0.844 bits per heavy atom. The summed E-state index contributed by atoms with van der Waals surface area (Å²) in [7, 11) is 0. The Labute approximate surface area is 183 Å². The highest BCUT2D eigenvalue weighted by Crippen LogP contribution is 2.20. The van der Waals surface area contributed by atoms with Crippen molar-refractivity contribution in [3.05, 3.63) is 79.3 Å². The molecule has 0 unspecified atom stereocenters. The monoisotopic (exact) mass is 444 g/mol. The molecule has 0 spiro atoms. The highest BCUT2D eigenvalue weighted by molar-refractivity contribution is 5.91. The summed E-state index contributed by atoms with van der Waals surface area (Å²) in [5.74, 6) is -2.12. The van der Waals surface area contributed by atoms with Crippen LogP contribution in [0.3, 0.4) is 0 Å². The van der Waals surface area contributed by atoms with E-state index in [-0.39, 0.29) is 26.2 Å². The van der Waals surface area contributed by atoms with Crippen molar-refractivity contribution in [3.8, 4) is 17.2 Å². The fraction of sp³-hybridized carbons (Fsp3) is 0.174. The Morgan fingerprint density at radius 3 is 2.00 bits per heavy atom. The van der Waals surface area contributed by atoms with Gasteiger partial charge in [-0.2, -0.15) is 4.39 Å². The SMILES string of the molecule is C=COC(=O)CCOc1ccc(C(=O)Oc2ccc(OCCOC(=O)C(=C)F)cc2)cc1. The molecule has 0 fully saturated rings. The van der Waals surface area contributed by atoms with Gasteiger partial charge in [-0.3, -0.25) is 4.79 Å². The van der Waals surface area contributed by atoms with Crippen molar-refractivity contribution in [3.63, 3.8) is 0 Å². The topological polar surface area (TPSA) is 97.4 Å². The Balaban J connectivity index is 1.77. The van der Waals surface area contributed by atoms with Crippen molar-refractivity contribution in [2.24, 2.45) is 0 Å². The average Bonchev–Trinajstić information content (AvgIpc) is 2.78. The number of carbonyl (C=O) groups excluding carboxylic acids is 3. The van der Waals surface area contributed by atoms with E-state index in [0.29, 0.717) is 22.8 Å². The zero-order valence-corrected chi connectivity index (χ0v) is 17.1. The number of hydrogen-bond donors (Lipinski definition) is 0. The standard InChI is InChI=1S/C23H21FO8/c1-3-28-21(25)12-13-29-18-6-4-17(5-7-18)23(27)32-20-10-8-19(9-11-20)30-14-15-31-22(26)16(2)24/h3-11H,1-2,12-15H2. The predicted molar refractivity (Wildman–Crippen MR) is 111 cm³/mol. The van der Waals surface area contributed by atoms with Crippen LogP contribution in [0.25, 0.3) is 0 Å². The summed E-state index contributed by atoms with van der Waals surface area (Å²) in [4.78, 5) is 34.4. The Kier molecular flexibility index (Phi) is 9.45. The van der Waals surface area contributed by atoms with Gasteiger partial charge in [0.1, 0.15) is 30.5 Å². The number of esters is 3. The van der Waals surface area contributed by atoms with E-state index in [2.05, 4.69) is 22.6 Å². The molecule has 0 bridgehead atoms. The van der Waals surface area contributed by atoms with E-state index < -0.39 is 23.7 Å². The van der Waals surface area contributed by atoms with Gasteiger partial charge < -0.3 is 23.7 Å². The third-order valence-corrected chi connectivity index (χ3v) is 3.72. The fourth-order valence-corrected chi connectivity index (χ4v) is 2.23. The van der Waals surface area contributed by atoms with Crippen LogP contribution in [0.4, 0.5) is 4.39 Å². The molecule has 8 nitrogen and oxygen atoms in total. The van der Waals surface area contributed by atoms with Gasteiger partial charge in [0.25, 0.3) is 0 Å². The lowest BCUT2D eigenvalue weighted by atomic mass is 10.2. The zero-order valence-electron chi connectivity index (χ0n) is 17.1. The molecule has 2 aromatic carbocycles. The normalized spacial score (nSPS) is 9.91. The second kappa shape index (κ2) is 12.5. The van der Waals surface area contributed by atoms with Crippen LogP contribution in [0, 0.1) is 0 Å². The van der Waals surface area contributed by atoms with Gasteiger partial charge in [0.15, 0.2) is 0 Å². The van der Waals surface area contributed by atoms with Crippen LogP contribution in [-0.2, 0) is 19.1 Å². The number of carbonyl (C=O) groups is 3. The van der Waals surface area contributed by atoms with Crippen LogP contribution in [-0.4, -0.2) is 37.7 Å². The van der Waals surface area contributed by atoms with Crippen molar-refractivity contribution < 1.29 is 42.5 Å². The minimum atomic E-state index is -1.18. The number of hydrogen-bond acceptors (Lipinski definition) is 8. The molecule has 0 N–H and O–H groups in total. The first-order valence-electron chi connectivity index (χ1n) is 9.39. The lowest BCUT2D eigenvalue weighted by molar-refractivity contribution is -0.141. The van der Waals surface area contributed by atoms with Gasteiger partial charge in [0.2, 0.25) is 5.83 Å². The molecule has 32 heavy (non-hydrogen) atoms. The summed E-state index contributed by atoms with van der Waals surface area (Å²) >= 11 is 0. The van der Waals surface area contributed by atoms with Crippen molar-refractivity contribution in [1.82, 2.24) is 0 Å². The van der Waals surface area contributed by atoms with E-state index in [9.17, 15) is 18.8 Å². The van der Waals surface area contributed by atoms with Gasteiger partial charge in [-0.1, -0.05) is 13.2 Å². The second-order valence-electron chi connectivity index (χ2n) is 6.03. The van der Waals surface area contributed by atoms with Crippen LogP contribution < -0.4 is 14.2 Å². The van der Waals surface area contributed by atoms with Gasteiger partial charge in [-0.25, -0.2) is 9.59 Å². The molecule has 2 rings (SSSR count). The second-order valence-corrected chi connectivity index (χ2v) is 6.03. The van der Waals surface area contributed by atoms with E-state index in [1.807, 2.05) is 0 Å². The quantitative estimate of drug-likeness (QED) is 0.160. The van der Waals surface area contributed by atoms with Crippen LogP contribution >= 0.6 is 0 Å². The first-order chi connectivity index (χ1) is 15.4. The number of benzene rings is 2. The van der Waals surface area contributed by atoms with Gasteiger partial charge in [-0.05, 0) is 48.5 Å². The molecule has 0 radical (unpaired) electrons. The van der Waals surface area contributed by atoms with Crippen molar-refractivity contribution in [2.75, 3.05) is 19.8 Å². The van der Waals surface area contributed by atoms with E-state index in [4.69, 9.17) is 14.2 Å². The lowest BCUT2D eigenvalue weighted by Gasteiger charge is -2.09. The van der Waals surface area contributed by atoms with Crippen molar-refractivity contribution >= 4 is 17.9 Å². The maximum atomic E-state index is 12.5. The summed E-state index contributed by atoms with van der Waals surface area (Å²) in [5, 5.41) is 0. The summed E-state index contributed by atoms with van der Waals surface area (Å²) in [6, 6.07) is 12.4. The molecule has 0 aliphatic rings. The summed E-state index contributed by atoms with van der Waals surface area (Å²) < 4.78 is 37.6. The molecule has 168 valence electrons. The predicted octanol–water partition coefficient (Wildman–Crippen LogP) is 3.77. The van der Waals surface area contributed by atoms with Gasteiger partial charge >= 0.3 is 17.9 Å². The fourth-order valence-electron chi connectivity index (χ4n) is 2.23. The number of ether oxygens (including phenoxy) is 5. The van der Waals surface area contributed by atoms with Crippen molar-refractivity contribution in [1.29, 1.82) is 0 Å². The molecular weight excluding hydrogens is 423 g/mol. The molecule has 0 aliphatic heterocycles. The van der Waals surface area contributed by atoms with Crippen molar-refractivity contribution in [2.45, 2.75) is 6.42 Å². The molecule has 0 aromatic heterocycles. The third kappa shape index (κ3) is 8.31. The Bertz CT molecular complexity index is 951. The maximum Gasteiger partial charge on any atom is 0.366 e. The van der Waals surface area contributed by atoms with Gasteiger partial charge in [-0.15, -0.1) is 0 Å². The molecule has 0 aliphatic carbocycles. The number of rotatable bonds is 12. The third-order valence-electron chi connectivity index (χ3n) is 3.72. The van der Waals surface area contributed by atoms with E-state index in [0.717, 1.165) is 6.26 Å². The molecule has 2 aromatic rings. The lowest BCUT2D eigenvalue weighted by Crippen LogP contribution is -2.12. The molecular formula is C23H21FO8. The maximum absolute atomic E-state index is 12.5. The molecule has 0 saturated heterocycles. The van der Waals surface area contributed by atoms with Crippen LogP contribution in [0.2, 0.25) is 0 Å². The summed E-state index contributed by atoms with van der Waals surface area (Å²) in [5.41, 5.74) is 0.306. The Morgan fingerprint density at radius 2 is 1.41 bits per heavy atom. The van der Waals surface area contributed by atoms with Gasteiger partial charge in [0.05, 0.1) is 24.9 Å². The smallest absolute Gasteiger partial charge is 0.366 e. The minimum absolute atomic E-state index is 0.0159. The molecule has 0 heterocycles. The largest absolute Gasteiger partial charge is 0.493 e. The zero-order chi connectivity index (χ0) is 23.3. The average molecular weight is 444 g/mol. The molecule has 0 saturated carbocycles. The van der Waals surface area contributed by atoms with Crippen LogP contribution in [0.1, 0.15) is 16.8 Å². The first kappa shape index (κ1) is 24.1. The van der Waals surface area contributed by atoms with E-state index in [1.165, 1.54) is 24.3 Å².